The molecule has 0 aliphatic carbocycles. The summed E-state index contributed by atoms with van der Waals surface area (Å²) in [5.74, 6) is -2.70. The number of rotatable bonds is 14. The Morgan fingerprint density at radius 2 is 0.636 bits per heavy atom. The minimum Gasteiger partial charge on any atom is -0.344 e. The Hall–Kier alpha value is -7.05. The van der Waals surface area contributed by atoms with Crippen molar-refractivity contribution in [3.05, 3.63) is 132 Å². The Balaban J connectivity index is 0.00000861. The van der Waals surface area contributed by atoms with Crippen molar-refractivity contribution < 1.29 is 127 Å². The number of fused-ring (bicyclic) bond motifs is 2. The molecule has 0 radical (unpaired) electrons. The van der Waals surface area contributed by atoms with Crippen LogP contribution in [0.15, 0.2) is 129 Å². The summed E-state index contributed by atoms with van der Waals surface area (Å²) in [5, 5.41) is 15.4. The van der Waals surface area contributed by atoms with E-state index in [1.54, 1.807) is 0 Å². The Morgan fingerprint density at radius 3 is 0.909 bits per heavy atom. The smallest absolute Gasteiger partial charge is 0.344 e. The molecule has 77 heavy (non-hydrogen) atoms. The van der Waals surface area contributed by atoms with Crippen molar-refractivity contribution in [3.8, 4) is 0 Å². The van der Waals surface area contributed by atoms with E-state index in [4.69, 9.17) is 0 Å². The minimum absolute atomic E-state index is 0. The first-order valence-electron chi connectivity index (χ1n) is 21.4. The first-order valence-corrected chi connectivity index (χ1v) is 27.1. The van der Waals surface area contributed by atoms with Crippen LogP contribution in [0.3, 0.4) is 0 Å². The number of aryl methyl sites for hydroxylation is 4. The molecule has 4 heterocycles. The molecule has 4 aromatic carbocycles. The second kappa shape index (κ2) is 21.4. The average Bonchev–Trinajstić information content (AvgIpc) is 4.08. The van der Waals surface area contributed by atoms with Crippen molar-refractivity contribution in [2.24, 2.45) is 28.2 Å². The van der Waals surface area contributed by atoms with E-state index in [0.29, 0.717) is 12.1 Å². The standard InChI is InChI=1S/C45H40N10O17S4.K/c1-52-19-27(13-35(52)41(56)46-25-7-5-23-9-31(73(61,62)63)17-39(33(23)11-25)75(67,68)69)48-43(58)37-15-29(21-54(37)3)50-45(60)51-30-16-38(55(4)22-30)44(59)49-28-14-36(53(2)20-28)42(57)47-26-8-6-24-10-32(74(64,65)66)18-40(34(24)12-26)76(70,71)72;/h5-22H,1-4H3,(H,46,56)(H,47,57)(H,48,58)(H,49,59)(H2,50,51,60)(H,61,62,63)(H,64,65,66)(H,67,68,69)(H,70,71,72);/q;+1. The molecule has 0 saturated carbocycles. The first-order chi connectivity index (χ1) is 35.3. The van der Waals surface area contributed by atoms with Crippen LogP contribution in [0.2, 0.25) is 0 Å². The van der Waals surface area contributed by atoms with Crippen LogP contribution in [0.1, 0.15) is 42.0 Å². The number of amides is 6. The van der Waals surface area contributed by atoms with Gasteiger partial charge in [-0.05, 0) is 83.6 Å². The summed E-state index contributed by atoms with van der Waals surface area (Å²) in [6.07, 6.45) is 5.76. The van der Waals surface area contributed by atoms with Gasteiger partial charge in [0, 0.05) is 75.1 Å². The van der Waals surface area contributed by atoms with Gasteiger partial charge in [0.2, 0.25) is 0 Å². The van der Waals surface area contributed by atoms with E-state index in [1.807, 2.05) is 0 Å². The molecule has 0 fully saturated rings. The van der Waals surface area contributed by atoms with E-state index in [-0.39, 0.29) is 130 Å². The summed E-state index contributed by atoms with van der Waals surface area (Å²) in [6.45, 7) is 0. The fourth-order valence-corrected chi connectivity index (χ4v) is 10.7. The Labute approximate surface area is 479 Å². The maximum Gasteiger partial charge on any atom is 1.00 e. The second-order valence-electron chi connectivity index (χ2n) is 16.9. The van der Waals surface area contributed by atoms with Gasteiger partial charge >= 0.3 is 57.4 Å². The zero-order valence-electron chi connectivity index (χ0n) is 40.4. The Kier molecular flexibility index (Phi) is 16.0. The fourth-order valence-electron chi connectivity index (χ4n) is 7.98. The number of aromatic nitrogens is 4. The maximum absolute atomic E-state index is 13.4. The van der Waals surface area contributed by atoms with Crippen molar-refractivity contribution in [1.82, 2.24) is 18.3 Å². The van der Waals surface area contributed by atoms with Crippen molar-refractivity contribution >= 4 is 126 Å². The van der Waals surface area contributed by atoms with E-state index in [9.17, 15) is 75.9 Å². The number of anilines is 6. The van der Waals surface area contributed by atoms with E-state index in [2.05, 4.69) is 31.9 Å². The fraction of sp³-hybridized carbons (Fsp3) is 0.0889. The summed E-state index contributed by atoms with van der Waals surface area (Å²) >= 11 is 0. The monoisotopic (exact) mass is 1160 g/mol. The number of hydrogen-bond donors (Lipinski definition) is 10. The molecular formula is C45H40KN10O17S4+. The number of nitrogens with one attached hydrogen (secondary N) is 6. The van der Waals surface area contributed by atoms with E-state index < -0.39 is 89.7 Å². The molecule has 0 saturated heterocycles. The third-order valence-electron chi connectivity index (χ3n) is 11.4. The summed E-state index contributed by atoms with van der Waals surface area (Å²) in [6, 6.07) is 15.3. The van der Waals surface area contributed by atoms with Gasteiger partial charge in [-0.3, -0.25) is 37.4 Å². The normalized spacial score (nSPS) is 11.9. The molecule has 10 N–H and O–H groups in total. The van der Waals surface area contributed by atoms with Crippen molar-refractivity contribution in [2.45, 2.75) is 19.6 Å². The molecule has 0 atom stereocenters. The molecule has 0 aliphatic rings. The van der Waals surface area contributed by atoms with E-state index >= 15 is 0 Å². The number of urea groups is 1. The van der Waals surface area contributed by atoms with Gasteiger partial charge in [-0.1, -0.05) is 12.1 Å². The largest absolute Gasteiger partial charge is 1.00 e. The second-order valence-corrected chi connectivity index (χ2v) is 22.5. The molecule has 396 valence electrons. The molecular weight excluding hydrogens is 1120 g/mol. The quantitative estimate of drug-likeness (QED) is 0.0550. The minimum atomic E-state index is -5.00. The van der Waals surface area contributed by atoms with Crippen LogP contribution in [0.4, 0.5) is 38.9 Å². The zero-order valence-corrected chi connectivity index (χ0v) is 46.8. The zero-order chi connectivity index (χ0) is 55.6. The topological polar surface area (TPSA) is 395 Å². The van der Waals surface area contributed by atoms with Gasteiger partial charge in [0.15, 0.2) is 0 Å². The molecule has 8 rings (SSSR count). The first kappa shape index (κ1) is 57.6. The Morgan fingerprint density at radius 1 is 0.364 bits per heavy atom. The third kappa shape index (κ3) is 12.9. The van der Waals surface area contributed by atoms with Gasteiger partial charge in [-0.15, -0.1) is 0 Å². The Bertz CT molecular complexity index is 4030. The van der Waals surface area contributed by atoms with Gasteiger partial charge < -0.3 is 50.2 Å². The van der Waals surface area contributed by atoms with Crippen molar-refractivity contribution in [3.63, 3.8) is 0 Å². The molecule has 4 aromatic heterocycles. The van der Waals surface area contributed by atoms with Crippen molar-refractivity contribution in [1.29, 1.82) is 0 Å². The van der Waals surface area contributed by atoms with Crippen LogP contribution >= 0.6 is 0 Å². The van der Waals surface area contributed by atoms with Gasteiger partial charge in [-0.2, -0.15) is 33.7 Å². The summed E-state index contributed by atoms with van der Waals surface area (Å²) in [5.41, 5.74) is 1.05. The summed E-state index contributed by atoms with van der Waals surface area (Å²) in [4.78, 5) is 63.4. The maximum atomic E-state index is 13.4. The summed E-state index contributed by atoms with van der Waals surface area (Å²) < 4.78 is 139. The summed E-state index contributed by atoms with van der Waals surface area (Å²) in [7, 11) is -13.6. The van der Waals surface area contributed by atoms with E-state index in [0.717, 1.165) is 12.1 Å². The predicted molar refractivity (Wildman–Crippen MR) is 273 cm³/mol. The molecule has 6 amide bonds. The van der Waals surface area contributed by atoms with Gasteiger partial charge in [0.25, 0.3) is 64.1 Å². The van der Waals surface area contributed by atoms with Crippen LogP contribution in [-0.4, -0.2) is 99.8 Å². The van der Waals surface area contributed by atoms with Crippen molar-refractivity contribution in [2.75, 3.05) is 31.9 Å². The average molecular weight is 1160 g/mol. The molecule has 0 aliphatic heterocycles. The van der Waals surface area contributed by atoms with Gasteiger partial charge in [0.1, 0.15) is 32.6 Å². The van der Waals surface area contributed by atoms with Crippen LogP contribution in [0.5, 0.6) is 0 Å². The van der Waals surface area contributed by atoms with Crippen LogP contribution < -0.4 is 83.3 Å². The van der Waals surface area contributed by atoms with Gasteiger partial charge in [-0.25, -0.2) is 4.79 Å². The number of carbonyl (C=O) groups is 5. The molecule has 32 heteroatoms. The number of nitrogens with zero attached hydrogens (tertiary/aromatic N) is 4. The molecule has 0 spiro atoms. The number of benzene rings is 4. The number of carbonyl (C=O) groups excluding carboxylic acids is 5. The van der Waals surface area contributed by atoms with Crippen LogP contribution in [-0.2, 0) is 68.7 Å². The van der Waals surface area contributed by atoms with Gasteiger partial charge in [0.05, 0.1) is 32.5 Å². The van der Waals surface area contributed by atoms with E-state index in [1.165, 1.54) is 132 Å². The van der Waals surface area contributed by atoms with Crippen LogP contribution in [0.25, 0.3) is 21.5 Å². The molecule has 27 nitrogen and oxygen atoms in total. The SMILES string of the molecule is Cn1cc(NC(=O)Nc2cc(C(=O)Nc3cc(C(=O)Nc4ccc5cc(S(=O)(=O)O)cc(S(=O)(=O)O)c5c4)n(C)c3)n(C)c2)cc1C(=O)Nc1cc(C(=O)Nc2ccc3cc(S(=O)(=O)O)cc(S(=O)(=O)O)c3c2)n(C)c1.[K+]. The molecule has 8 aromatic rings. The molecule has 0 unspecified atom stereocenters. The number of hydrogen-bond acceptors (Lipinski definition) is 13. The third-order valence-corrected chi connectivity index (χ3v) is 14.9. The molecule has 0 bridgehead atoms. The predicted octanol–water partition coefficient (Wildman–Crippen LogP) is 1.99. The van der Waals surface area contributed by atoms with Crippen LogP contribution in [0, 0.1) is 0 Å².